The van der Waals surface area contributed by atoms with Crippen molar-refractivity contribution in [3.05, 3.63) is 48.0 Å². The van der Waals surface area contributed by atoms with Gasteiger partial charge in [-0.3, -0.25) is 9.78 Å². The van der Waals surface area contributed by atoms with Gasteiger partial charge in [-0.2, -0.15) is 0 Å². The predicted octanol–water partition coefficient (Wildman–Crippen LogP) is 2.01. The molecule has 0 bridgehead atoms. The molecule has 8 heteroatoms. The number of hydrogen-bond acceptors (Lipinski definition) is 6. The van der Waals surface area contributed by atoms with Crippen LogP contribution in [0.5, 0.6) is 5.75 Å². The van der Waals surface area contributed by atoms with Crippen LogP contribution in [0.25, 0.3) is 10.9 Å². The standard InChI is InChI=1S/C21H23N5O3/c1-28-14-2-3-19-15(10-14)16(17-11-18-21(24-17)23-5-4-22-18)12-26(19)13-20(27)25-6-8-29-9-7-25/h2-5,10,12,17H,6-9,11,13H2,1H3,(H,23,24). The van der Waals surface area contributed by atoms with E-state index in [0.29, 0.717) is 32.8 Å². The topological polar surface area (TPSA) is 81.5 Å². The first kappa shape index (κ1) is 17.9. The summed E-state index contributed by atoms with van der Waals surface area (Å²) in [5.74, 6) is 1.73. The number of nitrogens with one attached hydrogen (secondary N) is 1. The molecule has 2 aliphatic rings. The van der Waals surface area contributed by atoms with Gasteiger partial charge in [0.15, 0.2) is 0 Å². The van der Waals surface area contributed by atoms with Crippen molar-refractivity contribution in [2.75, 3.05) is 38.7 Å². The second-order valence-electron chi connectivity index (χ2n) is 7.34. The molecule has 1 amide bonds. The minimum Gasteiger partial charge on any atom is -0.497 e. The number of fused-ring (bicyclic) bond motifs is 2. The zero-order valence-electron chi connectivity index (χ0n) is 16.3. The van der Waals surface area contributed by atoms with Gasteiger partial charge in [0.2, 0.25) is 5.91 Å². The summed E-state index contributed by atoms with van der Waals surface area (Å²) in [4.78, 5) is 23.5. The second kappa shape index (κ2) is 7.36. The van der Waals surface area contributed by atoms with Gasteiger partial charge >= 0.3 is 0 Å². The van der Waals surface area contributed by atoms with Gasteiger partial charge in [-0.05, 0) is 18.2 Å². The number of benzene rings is 1. The molecular formula is C21H23N5O3. The quantitative estimate of drug-likeness (QED) is 0.730. The minimum absolute atomic E-state index is 0.0572. The number of morpholine rings is 1. The summed E-state index contributed by atoms with van der Waals surface area (Å²) in [6, 6.07) is 6.04. The molecule has 1 aromatic carbocycles. The first-order valence-electron chi connectivity index (χ1n) is 9.81. The van der Waals surface area contributed by atoms with Crippen LogP contribution in [-0.4, -0.2) is 58.8 Å². The number of amides is 1. The Morgan fingerprint density at radius 1 is 1.28 bits per heavy atom. The Morgan fingerprint density at radius 2 is 2.10 bits per heavy atom. The molecule has 3 aromatic rings. The van der Waals surface area contributed by atoms with E-state index >= 15 is 0 Å². The molecule has 2 aromatic heterocycles. The Morgan fingerprint density at radius 3 is 2.90 bits per heavy atom. The van der Waals surface area contributed by atoms with Crippen LogP contribution < -0.4 is 10.1 Å². The van der Waals surface area contributed by atoms with Crippen LogP contribution in [0.15, 0.2) is 36.8 Å². The van der Waals surface area contributed by atoms with E-state index in [-0.39, 0.29) is 11.9 Å². The summed E-state index contributed by atoms with van der Waals surface area (Å²) in [7, 11) is 1.66. The largest absolute Gasteiger partial charge is 0.497 e. The monoisotopic (exact) mass is 393 g/mol. The van der Waals surface area contributed by atoms with E-state index in [0.717, 1.165) is 40.1 Å². The Labute approximate surface area is 168 Å². The van der Waals surface area contributed by atoms with Crippen molar-refractivity contribution in [1.82, 2.24) is 19.4 Å². The fraction of sp³-hybridized carbons (Fsp3) is 0.381. The molecule has 0 saturated carbocycles. The van der Waals surface area contributed by atoms with E-state index in [1.165, 1.54) is 0 Å². The molecule has 1 N–H and O–H groups in total. The van der Waals surface area contributed by atoms with Gasteiger partial charge in [-0.15, -0.1) is 0 Å². The summed E-state index contributed by atoms with van der Waals surface area (Å²) in [5.41, 5.74) is 3.10. The molecule has 1 saturated heterocycles. The van der Waals surface area contributed by atoms with Crippen LogP contribution in [-0.2, 0) is 22.5 Å². The highest BCUT2D eigenvalue weighted by Crippen LogP contribution is 2.37. The number of hydrogen-bond donors (Lipinski definition) is 1. The summed E-state index contributed by atoms with van der Waals surface area (Å²) in [5, 5.41) is 4.54. The lowest BCUT2D eigenvalue weighted by Gasteiger charge is -2.27. The molecule has 0 aliphatic carbocycles. The van der Waals surface area contributed by atoms with Crippen LogP contribution in [0.2, 0.25) is 0 Å². The van der Waals surface area contributed by atoms with Gasteiger partial charge in [-0.25, -0.2) is 4.98 Å². The first-order valence-corrected chi connectivity index (χ1v) is 9.81. The summed E-state index contributed by atoms with van der Waals surface area (Å²) >= 11 is 0. The number of anilines is 1. The SMILES string of the molecule is COc1ccc2c(c1)c(C1Cc3nccnc3N1)cn2CC(=O)N1CCOCC1. The Balaban J connectivity index is 1.49. The number of carbonyl (C=O) groups is 1. The lowest BCUT2D eigenvalue weighted by molar-refractivity contribution is -0.135. The van der Waals surface area contributed by atoms with Crippen molar-refractivity contribution >= 4 is 22.6 Å². The lowest BCUT2D eigenvalue weighted by atomic mass is 10.0. The van der Waals surface area contributed by atoms with E-state index < -0.39 is 0 Å². The molecule has 5 rings (SSSR count). The van der Waals surface area contributed by atoms with Gasteiger partial charge in [-0.1, -0.05) is 0 Å². The average Bonchev–Trinajstić information content (AvgIpc) is 3.35. The number of carbonyl (C=O) groups excluding carboxylic acids is 1. The predicted molar refractivity (Wildman–Crippen MR) is 108 cm³/mol. The highest BCUT2D eigenvalue weighted by Gasteiger charge is 2.28. The Kier molecular flexibility index (Phi) is 4.55. The van der Waals surface area contributed by atoms with Crippen molar-refractivity contribution in [1.29, 1.82) is 0 Å². The van der Waals surface area contributed by atoms with E-state index in [2.05, 4.69) is 21.5 Å². The molecule has 150 valence electrons. The van der Waals surface area contributed by atoms with E-state index in [9.17, 15) is 4.79 Å². The average molecular weight is 393 g/mol. The fourth-order valence-electron chi connectivity index (χ4n) is 4.13. The molecule has 0 radical (unpaired) electrons. The van der Waals surface area contributed by atoms with Gasteiger partial charge in [0, 0.05) is 54.6 Å². The molecule has 0 spiro atoms. The van der Waals surface area contributed by atoms with Gasteiger partial charge in [0.1, 0.15) is 18.1 Å². The normalized spacial score (nSPS) is 18.5. The van der Waals surface area contributed by atoms with Crippen LogP contribution in [0, 0.1) is 0 Å². The van der Waals surface area contributed by atoms with E-state index in [1.807, 2.05) is 27.7 Å². The van der Waals surface area contributed by atoms with E-state index in [1.54, 1.807) is 19.5 Å². The highest BCUT2D eigenvalue weighted by molar-refractivity contribution is 5.88. The number of rotatable bonds is 4. The summed E-state index contributed by atoms with van der Waals surface area (Å²) in [6.07, 6.45) is 6.25. The van der Waals surface area contributed by atoms with Crippen molar-refractivity contribution in [3.8, 4) is 5.75 Å². The molecule has 1 fully saturated rings. The van der Waals surface area contributed by atoms with Gasteiger partial charge in [0.25, 0.3) is 0 Å². The van der Waals surface area contributed by atoms with Gasteiger partial charge < -0.3 is 24.3 Å². The summed E-state index contributed by atoms with van der Waals surface area (Å²) in [6.45, 7) is 2.81. The summed E-state index contributed by atoms with van der Waals surface area (Å²) < 4.78 is 12.8. The fourth-order valence-corrected chi connectivity index (χ4v) is 4.13. The van der Waals surface area contributed by atoms with Crippen LogP contribution in [0.4, 0.5) is 5.82 Å². The zero-order valence-corrected chi connectivity index (χ0v) is 16.3. The molecule has 8 nitrogen and oxygen atoms in total. The first-order chi connectivity index (χ1) is 14.2. The Hall–Kier alpha value is -3.13. The molecule has 4 heterocycles. The maximum Gasteiger partial charge on any atom is 0.242 e. The molecule has 2 aliphatic heterocycles. The zero-order chi connectivity index (χ0) is 19.8. The number of nitrogens with zero attached hydrogens (tertiary/aromatic N) is 4. The molecular weight excluding hydrogens is 370 g/mol. The number of methoxy groups -OCH3 is 1. The van der Waals surface area contributed by atoms with Crippen molar-refractivity contribution in [2.24, 2.45) is 0 Å². The van der Waals surface area contributed by atoms with Crippen LogP contribution in [0.1, 0.15) is 17.3 Å². The molecule has 29 heavy (non-hydrogen) atoms. The Bertz CT molecular complexity index is 1030. The second-order valence-corrected chi connectivity index (χ2v) is 7.34. The van der Waals surface area contributed by atoms with Crippen molar-refractivity contribution in [2.45, 2.75) is 19.0 Å². The third kappa shape index (κ3) is 3.29. The number of ether oxygens (including phenoxy) is 2. The van der Waals surface area contributed by atoms with Crippen LogP contribution in [0.3, 0.4) is 0 Å². The molecule has 1 unspecified atom stereocenters. The minimum atomic E-state index is 0.0572. The third-order valence-corrected chi connectivity index (χ3v) is 5.65. The van der Waals surface area contributed by atoms with Gasteiger partial charge in [0.05, 0.1) is 32.1 Å². The third-order valence-electron chi connectivity index (χ3n) is 5.65. The maximum absolute atomic E-state index is 12.8. The smallest absolute Gasteiger partial charge is 0.242 e. The lowest BCUT2D eigenvalue weighted by Crippen LogP contribution is -2.42. The van der Waals surface area contributed by atoms with Crippen LogP contribution >= 0.6 is 0 Å². The highest BCUT2D eigenvalue weighted by atomic mass is 16.5. The molecule has 1 atom stereocenters. The maximum atomic E-state index is 12.8. The number of aromatic nitrogens is 3. The van der Waals surface area contributed by atoms with Crippen molar-refractivity contribution < 1.29 is 14.3 Å². The van der Waals surface area contributed by atoms with Crippen molar-refractivity contribution in [3.63, 3.8) is 0 Å². The van der Waals surface area contributed by atoms with E-state index in [4.69, 9.17) is 9.47 Å².